The predicted molar refractivity (Wildman–Crippen MR) is 145 cm³/mol. The van der Waals surface area contributed by atoms with Crippen LogP contribution in [0.2, 0.25) is 0 Å². The number of fused-ring (bicyclic) bond motifs is 2. The molecule has 4 aliphatic rings. The Morgan fingerprint density at radius 3 is 2.58 bits per heavy atom. The molecule has 9 nitrogen and oxygen atoms in total. The SMILES string of the molecule is CN[C@@H](C)C(=O)N[C@H](C(=O)N1C[C@@H]2CCCN2C[C@H]1C(=O)N[C@@H]1CCOc2ccccc21)C1CCC(F)(F)CC1. The molecule has 0 spiro atoms. The van der Waals surface area contributed by atoms with E-state index in [1.54, 1.807) is 18.9 Å². The first-order valence-electron chi connectivity index (χ1n) is 14.6. The number of nitrogens with zero attached hydrogens (tertiary/aromatic N) is 2. The average Bonchev–Trinajstić information content (AvgIpc) is 3.42. The minimum absolute atomic E-state index is 0.136. The predicted octanol–water partition coefficient (Wildman–Crippen LogP) is 2.22. The lowest BCUT2D eigenvalue weighted by molar-refractivity contribution is -0.150. The van der Waals surface area contributed by atoms with E-state index in [-0.39, 0.29) is 55.5 Å². The van der Waals surface area contributed by atoms with Crippen LogP contribution in [0.1, 0.15) is 63.5 Å². The van der Waals surface area contributed by atoms with Crippen molar-refractivity contribution in [1.82, 2.24) is 25.8 Å². The number of benzene rings is 1. The quantitative estimate of drug-likeness (QED) is 0.472. The van der Waals surface area contributed by atoms with E-state index in [0.717, 1.165) is 30.7 Å². The molecule has 1 aliphatic carbocycles. The second-order valence-electron chi connectivity index (χ2n) is 11.7. The Kier molecular flexibility index (Phi) is 8.61. The van der Waals surface area contributed by atoms with E-state index in [4.69, 9.17) is 4.74 Å². The third kappa shape index (κ3) is 6.10. The Hall–Kier alpha value is -2.79. The summed E-state index contributed by atoms with van der Waals surface area (Å²) < 4.78 is 33.8. The zero-order valence-electron chi connectivity index (χ0n) is 23.3. The van der Waals surface area contributed by atoms with Gasteiger partial charge in [0.15, 0.2) is 0 Å². The second kappa shape index (κ2) is 12.0. The lowest BCUT2D eigenvalue weighted by Gasteiger charge is -2.45. The van der Waals surface area contributed by atoms with Crippen molar-refractivity contribution in [1.29, 1.82) is 0 Å². The van der Waals surface area contributed by atoms with E-state index in [0.29, 0.717) is 26.1 Å². The molecule has 3 amide bonds. The molecule has 3 aliphatic heterocycles. The van der Waals surface area contributed by atoms with Crippen molar-refractivity contribution < 1.29 is 27.9 Å². The topological polar surface area (TPSA) is 103 Å². The Morgan fingerprint density at radius 1 is 1.07 bits per heavy atom. The van der Waals surface area contributed by atoms with Gasteiger partial charge in [-0.3, -0.25) is 19.3 Å². The maximum Gasteiger partial charge on any atom is 0.248 e. The zero-order chi connectivity index (χ0) is 28.4. The minimum Gasteiger partial charge on any atom is -0.493 e. The number of amides is 3. The van der Waals surface area contributed by atoms with E-state index in [1.165, 1.54) is 0 Å². The molecule has 3 heterocycles. The van der Waals surface area contributed by atoms with Gasteiger partial charge in [-0.1, -0.05) is 18.2 Å². The summed E-state index contributed by atoms with van der Waals surface area (Å²) in [5.74, 6) is -3.41. The number of alkyl halides is 2. The third-order valence-electron chi connectivity index (χ3n) is 9.17. The molecule has 5 atom stereocenters. The van der Waals surface area contributed by atoms with Crippen molar-refractivity contribution in [2.75, 3.05) is 33.3 Å². The highest BCUT2D eigenvalue weighted by Gasteiger charge is 2.47. The van der Waals surface area contributed by atoms with Crippen LogP contribution in [-0.2, 0) is 14.4 Å². The minimum atomic E-state index is -2.76. The fraction of sp³-hybridized carbons (Fsp3) is 0.690. The van der Waals surface area contributed by atoms with E-state index >= 15 is 0 Å². The van der Waals surface area contributed by atoms with E-state index in [1.807, 2.05) is 24.3 Å². The zero-order valence-corrected chi connectivity index (χ0v) is 23.3. The van der Waals surface area contributed by atoms with Crippen LogP contribution in [0.4, 0.5) is 8.78 Å². The molecule has 1 aromatic carbocycles. The highest BCUT2D eigenvalue weighted by molar-refractivity contribution is 5.93. The van der Waals surface area contributed by atoms with Gasteiger partial charge >= 0.3 is 0 Å². The number of nitrogens with one attached hydrogen (secondary N) is 3. The number of hydrogen-bond acceptors (Lipinski definition) is 6. The molecule has 3 fully saturated rings. The van der Waals surface area contributed by atoms with Gasteiger partial charge in [0.05, 0.1) is 18.7 Å². The van der Waals surface area contributed by atoms with Gasteiger partial charge in [0.1, 0.15) is 17.8 Å². The van der Waals surface area contributed by atoms with Crippen LogP contribution in [0.15, 0.2) is 24.3 Å². The first kappa shape index (κ1) is 28.7. The summed E-state index contributed by atoms with van der Waals surface area (Å²) in [7, 11) is 1.65. The number of likely N-dealkylation sites (N-methyl/N-ethyl adjacent to an activating group) is 1. The number of para-hydroxylation sites is 1. The van der Waals surface area contributed by atoms with Crippen LogP contribution >= 0.6 is 0 Å². The van der Waals surface area contributed by atoms with Crippen molar-refractivity contribution in [3.05, 3.63) is 29.8 Å². The Balaban J connectivity index is 1.39. The monoisotopic (exact) mass is 561 g/mol. The van der Waals surface area contributed by atoms with Crippen molar-refractivity contribution in [3.8, 4) is 5.75 Å². The summed E-state index contributed by atoms with van der Waals surface area (Å²) in [4.78, 5) is 45.0. The van der Waals surface area contributed by atoms with Crippen LogP contribution in [0.5, 0.6) is 5.75 Å². The van der Waals surface area contributed by atoms with Crippen LogP contribution in [-0.4, -0.2) is 90.9 Å². The second-order valence-corrected chi connectivity index (χ2v) is 11.7. The lowest BCUT2D eigenvalue weighted by Crippen LogP contribution is -2.66. The summed E-state index contributed by atoms with van der Waals surface area (Å²) >= 11 is 0. The summed E-state index contributed by atoms with van der Waals surface area (Å²) in [6.45, 7) is 3.81. The maximum atomic E-state index is 14.3. The normalized spacial score (nSPS) is 28.0. The van der Waals surface area contributed by atoms with Gasteiger partial charge in [-0.05, 0) is 58.2 Å². The van der Waals surface area contributed by atoms with E-state index < -0.39 is 30.0 Å². The van der Waals surface area contributed by atoms with Gasteiger partial charge in [-0.15, -0.1) is 0 Å². The highest BCUT2D eigenvalue weighted by Crippen LogP contribution is 2.38. The molecule has 40 heavy (non-hydrogen) atoms. The Bertz CT molecular complexity index is 1090. The van der Waals surface area contributed by atoms with Crippen LogP contribution in [0.25, 0.3) is 0 Å². The molecule has 0 radical (unpaired) electrons. The Labute approximate surface area is 234 Å². The smallest absolute Gasteiger partial charge is 0.248 e. The van der Waals surface area contributed by atoms with Crippen molar-refractivity contribution in [3.63, 3.8) is 0 Å². The molecule has 1 aromatic rings. The van der Waals surface area contributed by atoms with Gasteiger partial charge < -0.3 is 25.6 Å². The highest BCUT2D eigenvalue weighted by atomic mass is 19.3. The summed E-state index contributed by atoms with van der Waals surface area (Å²) in [6, 6.07) is 5.25. The van der Waals surface area contributed by atoms with Crippen molar-refractivity contribution in [2.24, 2.45) is 5.92 Å². The average molecular weight is 562 g/mol. The van der Waals surface area contributed by atoms with Crippen LogP contribution in [0, 0.1) is 5.92 Å². The molecule has 3 N–H and O–H groups in total. The molecule has 1 saturated carbocycles. The number of carbonyl (C=O) groups excluding carboxylic acids is 3. The third-order valence-corrected chi connectivity index (χ3v) is 9.17. The largest absolute Gasteiger partial charge is 0.493 e. The number of hydrogen-bond donors (Lipinski definition) is 3. The van der Waals surface area contributed by atoms with Crippen molar-refractivity contribution in [2.45, 2.75) is 88.0 Å². The fourth-order valence-electron chi connectivity index (χ4n) is 6.61. The van der Waals surface area contributed by atoms with Crippen LogP contribution < -0.4 is 20.7 Å². The summed E-state index contributed by atoms with van der Waals surface area (Å²) in [6.07, 6.45) is 2.17. The van der Waals surface area contributed by atoms with Gasteiger partial charge in [0.25, 0.3) is 0 Å². The number of piperazine rings is 1. The molecule has 220 valence electrons. The van der Waals surface area contributed by atoms with Gasteiger partial charge in [0, 0.05) is 44.0 Å². The number of ether oxygens (including phenoxy) is 1. The molecule has 11 heteroatoms. The number of rotatable bonds is 7. The summed E-state index contributed by atoms with van der Waals surface area (Å²) in [5, 5.41) is 8.92. The Morgan fingerprint density at radius 2 is 1.82 bits per heavy atom. The van der Waals surface area contributed by atoms with Gasteiger partial charge in [0.2, 0.25) is 23.6 Å². The molecule has 5 rings (SSSR count). The molecular formula is C29H41F2N5O4. The van der Waals surface area contributed by atoms with E-state index in [2.05, 4.69) is 20.9 Å². The van der Waals surface area contributed by atoms with Crippen LogP contribution in [0.3, 0.4) is 0 Å². The fourth-order valence-corrected chi connectivity index (χ4v) is 6.61. The molecule has 2 saturated heterocycles. The van der Waals surface area contributed by atoms with Gasteiger partial charge in [-0.25, -0.2) is 8.78 Å². The molecule has 0 bridgehead atoms. The first-order valence-corrected chi connectivity index (χ1v) is 14.6. The van der Waals surface area contributed by atoms with E-state index in [9.17, 15) is 23.2 Å². The maximum absolute atomic E-state index is 14.3. The molecule has 0 aromatic heterocycles. The first-order chi connectivity index (χ1) is 19.2. The standard InChI is InChI=1S/C29H41F2N5O4/c1-18(32-2)26(37)34-25(19-9-12-29(30,31)13-10-19)28(39)36-16-20-6-5-14-35(20)17-23(36)27(38)33-22-11-15-40-24-8-4-3-7-21(22)24/h3-4,7-8,18-20,22-23,25,32H,5-6,9-17H2,1-2H3,(H,33,38)(H,34,37)/t18-,20-,22+,23-,25-/m0/s1. The molecular weight excluding hydrogens is 520 g/mol. The number of halogens is 2. The van der Waals surface area contributed by atoms with Crippen molar-refractivity contribution >= 4 is 17.7 Å². The van der Waals surface area contributed by atoms with Gasteiger partial charge in [-0.2, -0.15) is 0 Å². The lowest BCUT2D eigenvalue weighted by atomic mass is 9.81. The summed E-state index contributed by atoms with van der Waals surface area (Å²) in [5.41, 5.74) is 0.907. The number of carbonyl (C=O) groups is 3. The molecule has 0 unspecified atom stereocenters.